The zero-order valence-corrected chi connectivity index (χ0v) is 11.7. The van der Waals surface area contributed by atoms with E-state index < -0.39 is 23.7 Å². The van der Waals surface area contributed by atoms with Crippen molar-refractivity contribution < 1.29 is 24.2 Å². The Labute approximate surface area is 108 Å². The van der Waals surface area contributed by atoms with Crippen LogP contribution in [0.5, 0.6) is 0 Å². The van der Waals surface area contributed by atoms with Crippen LogP contribution in [0.15, 0.2) is 0 Å². The third kappa shape index (κ3) is 5.86. The van der Waals surface area contributed by atoms with E-state index in [1.165, 1.54) is 12.0 Å². The van der Waals surface area contributed by atoms with Gasteiger partial charge in [0.15, 0.2) is 0 Å². The van der Waals surface area contributed by atoms with Crippen molar-refractivity contribution in [2.45, 2.75) is 45.8 Å². The van der Waals surface area contributed by atoms with Crippen LogP contribution < -0.4 is 0 Å². The van der Waals surface area contributed by atoms with Crippen LogP contribution >= 0.6 is 0 Å². The number of hydrogen-bond donors (Lipinski definition) is 1. The Hall–Kier alpha value is -1.30. The van der Waals surface area contributed by atoms with E-state index in [-0.39, 0.29) is 13.2 Å². The molecule has 1 atom stereocenters. The predicted octanol–water partition coefficient (Wildman–Crippen LogP) is 1.73. The molecular weight excluding hydrogens is 238 g/mol. The van der Waals surface area contributed by atoms with Crippen molar-refractivity contribution >= 4 is 12.1 Å². The first-order valence-electron chi connectivity index (χ1n) is 5.94. The van der Waals surface area contributed by atoms with E-state index in [0.29, 0.717) is 6.42 Å². The number of carboxylic acid groups (broad SMARTS) is 1. The standard InChI is InChI=1S/C12H23NO5/c1-6-9(10(14)15)13(7-8-17-5)11(16)18-12(2,3)4/h9H,6-8H2,1-5H3,(H,14,15). The third-order valence-electron chi connectivity index (χ3n) is 2.21. The summed E-state index contributed by atoms with van der Waals surface area (Å²) >= 11 is 0. The van der Waals surface area contributed by atoms with Gasteiger partial charge in [0.2, 0.25) is 0 Å². The van der Waals surface area contributed by atoms with Crippen molar-refractivity contribution in [3.8, 4) is 0 Å². The lowest BCUT2D eigenvalue weighted by molar-refractivity contribution is -0.143. The number of rotatable bonds is 6. The largest absolute Gasteiger partial charge is 0.480 e. The molecule has 0 aliphatic carbocycles. The summed E-state index contributed by atoms with van der Waals surface area (Å²) in [7, 11) is 1.50. The normalized spacial score (nSPS) is 12.9. The van der Waals surface area contributed by atoms with Gasteiger partial charge in [0, 0.05) is 13.7 Å². The summed E-state index contributed by atoms with van der Waals surface area (Å²) in [6, 6.07) is -0.894. The van der Waals surface area contributed by atoms with E-state index in [9.17, 15) is 9.59 Å². The van der Waals surface area contributed by atoms with Crippen LogP contribution in [0.4, 0.5) is 4.79 Å². The lowest BCUT2D eigenvalue weighted by atomic mass is 10.2. The SMILES string of the molecule is CCC(C(=O)O)N(CCOC)C(=O)OC(C)(C)C. The fraction of sp³-hybridized carbons (Fsp3) is 0.833. The maximum absolute atomic E-state index is 12.0. The Bertz CT molecular complexity index is 285. The first kappa shape index (κ1) is 16.7. The molecule has 0 spiro atoms. The average Bonchev–Trinajstić information content (AvgIpc) is 2.20. The number of aliphatic carboxylic acids is 1. The number of ether oxygens (including phenoxy) is 2. The van der Waals surface area contributed by atoms with Crippen LogP contribution in [0.3, 0.4) is 0 Å². The molecule has 18 heavy (non-hydrogen) atoms. The first-order valence-corrected chi connectivity index (χ1v) is 5.94. The fourth-order valence-electron chi connectivity index (χ4n) is 1.41. The van der Waals surface area contributed by atoms with Gasteiger partial charge in [-0.15, -0.1) is 0 Å². The Kier molecular flexibility index (Phi) is 6.68. The maximum Gasteiger partial charge on any atom is 0.411 e. The van der Waals surface area contributed by atoms with Crippen molar-refractivity contribution in [2.75, 3.05) is 20.3 Å². The van der Waals surface area contributed by atoms with Gasteiger partial charge in [-0.1, -0.05) is 6.92 Å². The van der Waals surface area contributed by atoms with E-state index in [1.807, 2.05) is 0 Å². The monoisotopic (exact) mass is 261 g/mol. The minimum Gasteiger partial charge on any atom is -0.480 e. The predicted molar refractivity (Wildman–Crippen MR) is 66.5 cm³/mol. The molecule has 6 heteroatoms. The van der Waals surface area contributed by atoms with Crippen LogP contribution in [0.2, 0.25) is 0 Å². The molecule has 0 rings (SSSR count). The van der Waals surface area contributed by atoms with Gasteiger partial charge >= 0.3 is 12.1 Å². The number of carboxylic acids is 1. The summed E-state index contributed by atoms with van der Waals surface area (Å²) in [5, 5.41) is 9.10. The minimum atomic E-state index is -1.04. The van der Waals surface area contributed by atoms with Crippen LogP contribution in [0.1, 0.15) is 34.1 Å². The fourth-order valence-corrected chi connectivity index (χ4v) is 1.41. The molecular formula is C12H23NO5. The number of amides is 1. The summed E-state index contributed by atoms with van der Waals surface area (Å²) < 4.78 is 10.1. The first-order chi connectivity index (χ1) is 8.22. The lowest BCUT2D eigenvalue weighted by Gasteiger charge is -2.30. The summed E-state index contributed by atoms with van der Waals surface area (Å²) in [6.45, 7) is 7.38. The topological polar surface area (TPSA) is 76.1 Å². The quantitative estimate of drug-likeness (QED) is 0.788. The van der Waals surface area contributed by atoms with Crippen LogP contribution in [-0.2, 0) is 14.3 Å². The molecule has 0 aromatic rings. The van der Waals surface area contributed by atoms with Crippen molar-refractivity contribution in [2.24, 2.45) is 0 Å². The van der Waals surface area contributed by atoms with E-state index in [2.05, 4.69) is 0 Å². The molecule has 0 aromatic carbocycles. The number of methoxy groups -OCH3 is 1. The van der Waals surface area contributed by atoms with Crippen molar-refractivity contribution in [1.29, 1.82) is 0 Å². The van der Waals surface area contributed by atoms with E-state index in [4.69, 9.17) is 14.6 Å². The van der Waals surface area contributed by atoms with E-state index in [1.54, 1.807) is 27.7 Å². The van der Waals surface area contributed by atoms with Gasteiger partial charge in [0.25, 0.3) is 0 Å². The van der Waals surface area contributed by atoms with Gasteiger partial charge in [0.05, 0.1) is 6.61 Å². The van der Waals surface area contributed by atoms with Crippen molar-refractivity contribution in [3.63, 3.8) is 0 Å². The lowest BCUT2D eigenvalue weighted by Crippen LogP contribution is -2.48. The molecule has 0 bridgehead atoms. The smallest absolute Gasteiger partial charge is 0.411 e. The number of carbonyl (C=O) groups excluding carboxylic acids is 1. The highest BCUT2D eigenvalue weighted by Gasteiger charge is 2.31. The Balaban J connectivity index is 4.85. The minimum absolute atomic E-state index is 0.191. The highest BCUT2D eigenvalue weighted by Crippen LogP contribution is 2.13. The summed E-state index contributed by atoms with van der Waals surface area (Å²) in [5.74, 6) is -1.04. The molecule has 1 unspecified atom stereocenters. The van der Waals surface area contributed by atoms with Gasteiger partial charge in [-0.25, -0.2) is 9.59 Å². The van der Waals surface area contributed by atoms with Crippen molar-refractivity contribution in [3.05, 3.63) is 0 Å². The number of nitrogens with zero attached hydrogens (tertiary/aromatic N) is 1. The van der Waals surface area contributed by atoms with E-state index >= 15 is 0 Å². The third-order valence-corrected chi connectivity index (χ3v) is 2.21. The van der Waals surface area contributed by atoms with Gasteiger partial charge in [-0.05, 0) is 27.2 Å². The molecule has 0 saturated carbocycles. The molecule has 0 aliphatic rings. The molecule has 106 valence electrons. The average molecular weight is 261 g/mol. The zero-order valence-electron chi connectivity index (χ0n) is 11.7. The second-order valence-corrected chi connectivity index (χ2v) is 4.93. The molecule has 1 N–H and O–H groups in total. The van der Waals surface area contributed by atoms with Crippen LogP contribution in [-0.4, -0.2) is 54.0 Å². The maximum atomic E-state index is 12.0. The second kappa shape index (κ2) is 7.20. The molecule has 6 nitrogen and oxygen atoms in total. The van der Waals surface area contributed by atoms with Crippen LogP contribution in [0, 0.1) is 0 Å². The number of hydrogen-bond acceptors (Lipinski definition) is 4. The van der Waals surface area contributed by atoms with Crippen molar-refractivity contribution in [1.82, 2.24) is 4.90 Å². The van der Waals surface area contributed by atoms with Gasteiger partial charge in [0.1, 0.15) is 11.6 Å². The molecule has 0 aliphatic heterocycles. The Morgan fingerprint density at radius 2 is 1.89 bits per heavy atom. The summed E-state index contributed by atoms with van der Waals surface area (Å²) in [4.78, 5) is 24.3. The molecule has 0 radical (unpaired) electrons. The molecule has 0 aromatic heterocycles. The summed E-state index contributed by atoms with van der Waals surface area (Å²) in [5.41, 5.74) is -0.654. The Morgan fingerprint density at radius 3 is 2.22 bits per heavy atom. The highest BCUT2D eigenvalue weighted by molar-refractivity contribution is 5.80. The van der Waals surface area contributed by atoms with Crippen LogP contribution in [0.25, 0.3) is 0 Å². The zero-order chi connectivity index (χ0) is 14.3. The van der Waals surface area contributed by atoms with Gasteiger partial charge in [-0.3, -0.25) is 4.90 Å². The molecule has 0 heterocycles. The molecule has 1 amide bonds. The highest BCUT2D eigenvalue weighted by atomic mass is 16.6. The number of carbonyl (C=O) groups is 2. The van der Waals surface area contributed by atoms with Gasteiger partial charge in [-0.2, -0.15) is 0 Å². The molecule has 0 saturated heterocycles. The second-order valence-electron chi connectivity index (χ2n) is 4.93. The summed E-state index contributed by atoms with van der Waals surface area (Å²) in [6.07, 6.45) is -0.313. The Morgan fingerprint density at radius 1 is 1.33 bits per heavy atom. The van der Waals surface area contributed by atoms with E-state index in [0.717, 1.165) is 0 Å². The molecule has 0 fully saturated rings. The van der Waals surface area contributed by atoms with Gasteiger partial charge < -0.3 is 14.6 Å².